The van der Waals surface area contributed by atoms with Crippen LogP contribution in [0.1, 0.15) is 11.1 Å². The van der Waals surface area contributed by atoms with Gasteiger partial charge >= 0.3 is 0 Å². The fourth-order valence-corrected chi connectivity index (χ4v) is 3.35. The van der Waals surface area contributed by atoms with E-state index < -0.39 is 10.0 Å². The van der Waals surface area contributed by atoms with Crippen molar-refractivity contribution in [2.45, 2.75) is 17.7 Å². The summed E-state index contributed by atoms with van der Waals surface area (Å²) >= 11 is 0. The van der Waals surface area contributed by atoms with Crippen LogP contribution in [0.4, 0.5) is 0 Å². The smallest absolute Gasteiger partial charge is 0.253 e. The molecule has 0 aromatic heterocycles. The molecule has 0 unspecified atom stereocenters. The van der Waals surface area contributed by atoms with Crippen molar-refractivity contribution < 1.29 is 8.42 Å². The third-order valence-electron chi connectivity index (χ3n) is 3.28. The number of hydrazine groups is 1. The van der Waals surface area contributed by atoms with Crippen molar-refractivity contribution in [3.8, 4) is 0 Å². The highest BCUT2D eigenvalue weighted by atomic mass is 32.2. The molecule has 17 heavy (non-hydrogen) atoms. The Morgan fingerprint density at radius 2 is 1.76 bits per heavy atom. The fourth-order valence-electron chi connectivity index (χ4n) is 2.52. The fraction of sp³-hybridized carbons (Fsp3) is 0.167. The first kappa shape index (κ1) is 10.7. The van der Waals surface area contributed by atoms with E-state index in [1.54, 1.807) is 6.07 Å². The molecule has 2 aromatic carbocycles. The highest BCUT2D eigenvalue weighted by Gasteiger charge is 2.21. The highest BCUT2D eigenvalue weighted by Crippen LogP contribution is 2.34. The summed E-state index contributed by atoms with van der Waals surface area (Å²) in [6.45, 7) is 0. The summed E-state index contributed by atoms with van der Waals surface area (Å²) < 4.78 is 23.6. The largest absolute Gasteiger partial charge is 0.257 e. The van der Waals surface area contributed by atoms with Crippen molar-refractivity contribution in [2.24, 2.45) is 5.84 Å². The third kappa shape index (κ3) is 1.47. The van der Waals surface area contributed by atoms with Crippen LogP contribution < -0.4 is 10.7 Å². The van der Waals surface area contributed by atoms with Crippen molar-refractivity contribution >= 4 is 20.8 Å². The summed E-state index contributed by atoms with van der Waals surface area (Å²) in [6, 6.07) is 9.27. The molecule has 0 saturated heterocycles. The first-order chi connectivity index (χ1) is 8.13. The van der Waals surface area contributed by atoms with Crippen LogP contribution in [-0.2, 0) is 22.9 Å². The minimum absolute atomic E-state index is 0.252. The van der Waals surface area contributed by atoms with Crippen LogP contribution in [0.15, 0.2) is 35.2 Å². The first-order valence-corrected chi connectivity index (χ1v) is 6.88. The van der Waals surface area contributed by atoms with E-state index in [4.69, 9.17) is 5.84 Å². The Morgan fingerprint density at radius 3 is 2.47 bits per heavy atom. The number of hydrogen-bond acceptors (Lipinski definition) is 3. The molecule has 0 radical (unpaired) electrons. The standard InChI is InChI=1S/C12H12N2O2S/c13-14-17(15,16)11-7-6-9-5-4-8-2-1-3-10(11)12(8)9/h1-3,6-7,14H,4-5,13H2. The van der Waals surface area contributed by atoms with Gasteiger partial charge in [0.15, 0.2) is 0 Å². The van der Waals surface area contributed by atoms with Crippen LogP contribution in [-0.4, -0.2) is 8.42 Å². The zero-order chi connectivity index (χ0) is 12.0. The minimum Gasteiger partial charge on any atom is -0.257 e. The predicted molar refractivity (Wildman–Crippen MR) is 65.9 cm³/mol. The molecule has 1 aliphatic carbocycles. The van der Waals surface area contributed by atoms with E-state index in [1.807, 2.05) is 29.1 Å². The summed E-state index contributed by atoms with van der Waals surface area (Å²) in [6.07, 6.45) is 1.96. The van der Waals surface area contributed by atoms with Gasteiger partial charge in [-0.3, -0.25) is 5.84 Å². The third-order valence-corrected chi connectivity index (χ3v) is 4.53. The molecular formula is C12H12N2O2S. The maximum atomic E-state index is 11.8. The average molecular weight is 248 g/mol. The van der Waals surface area contributed by atoms with Crippen LogP contribution in [0, 0.1) is 0 Å². The lowest BCUT2D eigenvalue weighted by molar-refractivity contribution is 0.585. The summed E-state index contributed by atoms with van der Waals surface area (Å²) in [4.78, 5) is 2.13. The minimum atomic E-state index is -3.60. The van der Waals surface area contributed by atoms with Crippen molar-refractivity contribution in [2.75, 3.05) is 0 Å². The molecule has 0 spiro atoms. The molecule has 0 bridgehead atoms. The van der Waals surface area contributed by atoms with Gasteiger partial charge in [-0.05, 0) is 35.4 Å². The van der Waals surface area contributed by atoms with Crippen LogP contribution >= 0.6 is 0 Å². The van der Waals surface area contributed by atoms with Gasteiger partial charge in [-0.25, -0.2) is 8.42 Å². The Bertz CT molecular complexity index is 698. The van der Waals surface area contributed by atoms with Crippen LogP contribution in [0.25, 0.3) is 10.8 Å². The lowest BCUT2D eigenvalue weighted by Crippen LogP contribution is -2.30. The molecule has 0 amide bonds. The molecule has 0 heterocycles. The van der Waals surface area contributed by atoms with Crippen molar-refractivity contribution in [1.29, 1.82) is 0 Å². The second-order valence-corrected chi connectivity index (χ2v) is 5.87. The van der Waals surface area contributed by atoms with E-state index in [0.717, 1.165) is 23.6 Å². The van der Waals surface area contributed by atoms with Gasteiger partial charge in [-0.2, -0.15) is 4.83 Å². The molecule has 0 fully saturated rings. The number of nitrogens with two attached hydrogens (primary N) is 1. The predicted octanol–water partition coefficient (Wildman–Crippen LogP) is 1.09. The van der Waals surface area contributed by atoms with Gasteiger partial charge in [0, 0.05) is 5.39 Å². The van der Waals surface area contributed by atoms with Gasteiger partial charge in [-0.15, -0.1) is 0 Å². The number of sulfonamides is 1. The van der Waals surface area contributed by atoms with Gasteiger partial charge in [0.1, 0.15) is 0 Å². The molecule has 1 aliphatic rings. The van der Waals surface area contributed by atoms with E-state index in [1.165, 1.54) is 11.1 Å². The van der Waals surface area contributed by atoms with Crippen molar-refractivity contribution in [1.82, 2.24) is 4.83 Å². The SMILES string of the molecule is NNS(=O)(=O)c1ccc2c3c(cccc13)CC2. The van der Waals surface area contributed by atoms with E-state index in [0.29, 0.717) is 0 Å². The monoisotopic (exact) mass is 248 g/mol. The zero-order valence-electron chi connectivity index (χ0n) is 9.10. The lowest BCUT2D eigenvalue weighted by Gasteiger charge is -2.08. The Hall–Kier alpha value is -1.43. The Labute approximate surface area is 99.5 Å². The molecule has 3 rings (SSSR count). The summed E-state index contributed by atoms with van der Waals surface area (Å²) in [7, 11) is -3.60. The number of hydrogen-bond donors (Lipinski definition) is 2. The molecule has 0 aliphatic heterocycles. The van der Waals surface area contributed by atoms with Crippen molar-refractivity contribution in [3.63, 3.8) is 0 Å². The number of benzene rings is 2. The van der Waals surface area contributed by atoms with E-state index in [2.05, 4.69) is 0 Å². The van der Waals surface area contributed by atoms with E-state index in [-0.39, 0.29) is 4.90 Å². The molecular weight excluding hydrogens is 236 g/mol. The Balaban J connectivity index is 2.45. The quantitative estimate of drug-likeness (QED) is 0.617. The van der Waals surface area contributed by atoms with Gasteiger partial charge in [0.2, 0.25) is 0 Å². The Morgan fingerprint density at radius 1 is 1.06 bits per heavy atom. The maximum absolute atomic E-state index is 11.8. The summed E-state index contributed by atoms with van der Waals surface area (Å²) in [5.74, 6) is 5.08. The van der Waals surface area contributed by atoms with Gasteiger partial charge in [0.25, 0.3) is 10.0 Å². The van der Waals surface area contributed by atoms with Gasteiger partial charge in [0.05, 0.1) is 4.90 Å². The van der Waals surface area contributed by atoms with E-state index in [9.17, 15) is 8.42 Å². The number of nitrogens with one attached hydrogen (secondary N) is 1. The topological polar surface area (TPSA) is 72.2 Å². The maximum Gasteiger partial charge on any atom is 0.253 e. The number of rotatable bonds is 2. The average Bonchev–Trinajstić information content (AvgIpc) is 2.75. The summed E-state index contributed by atoms with van der Waals surface area (Å²) in [5, 5.41) is 1.83. The zero-order valence-corrected chi connectivity index (χ0v) is 9.92. The van der Waals surface area contributed by atoms with Crippen LogP contribution in [0.3, 0.4) is 0 Å². The first-order valence-electron chi connectivity index (χ1n) is 5.39. The molecule has 0 atom stereocenters. The second-order valence-electron chi connectivity index (χ2n) is 4.18. The van der Waals surface area contributed by atoms with Gasteiger partial charge in [-0.1, -0.05) is 24.3 Å². The second kappa shape index (κ2) is 3.53. The highest BCUT2D eigenvalue weighted by molar-refractivity contribution is 7.89. The van der Waals surface area contributed by atoms with Crippen molar-refractivity contribution in [3.05, 3.63) is 41.5 Å². The molecule has 4 nitrogen and oxygen atoms in total. The molecule has 5 heteroatoms. The normalized spacial score (nSPS) is 14.4. The Kier molecular flexibility index (Phi) is 2.22. The van der Waals surface area contributed by atoms with E-state index >= 15 is 0 Å². The lowest BCUT2D eigenvalue weighted by atomic mass is 10.1. The molecule has 2 aromatic rings. The molecule has 3 N–H and O–H groups in total. The van der Waals surface area contributed by atoms with Crippen LogP contribution in [0.2, 0.25) is 0 Å². The number of aryl methyl sites for hydroxylation is 2. The molecule has 88 valence electrons. The van der Waals surface area contributed by atoms with Crippen LogP contribution in [0.5, 0.6) is 0 Å². The summed E-state index contributed by atoms with van der Waals surface area (Å²) in [5.41, 5.74) is 2.43. The van der Waals surface area contributed by atoms with Gasteiger partial charge < -0.3 is 0 Å². The molecule has 0 saturated carbocycles.